The Kier molecular flexibility index (Phi) is 6.96. The molecule has 9 heteroatoms. The molecule has 2 heterocycles. The number of hydrogen-bond acceptors (Lipinski definition) is 6. The second-order valence-corrected chi connectivity index (χ2v) is 9.93. The van der Waals surface area contributed by atoms with Gasteiger partial charge in [-0.3, -0.25) is 4.79 Å². The van der Waals surface area contributed by atoms with Gasteiger partial charge in [0.25, 0.3) is 0 Å². The molecule has 2 aromatic heterocycles. The molecule has 0 aliphatic heterocycles. The van der Waals surface area contributed by atoms with Crippen molar-refractivity contribution in [2.75, 3.05) is 11.1 Å². The van der Waals surface area contributed by atoms with Crippen molar-refractivity contribution >= 4 is 45.6 Å². The van der Waals surface area contributed by atoms with Gasteiger partial charge in [-0.25, -0.2) is 0 Å². The van der Waals surface area contributed by atoms with Gasteiger partial charge < -0.3 is 9.88 Å². The number of nitriles is 1. The SMILES string of the molecule is Cn1c(SCC(=O)Nc2sc3c(c2C#N)CCCCCC3)nnc1-c1cccc(Cl)c1. The maximum absolute atomic E-state index is 12.6. The number of benzene rings is 1. The van der Waals surface area contributed by atoms with E-state index in [-0.39, 0.29) is 11.7 Å². The molecule has 0 bridgehead atoms. The summed E-state index contributed by atoms with van der Waals surface area (Å²) in [4.78, 5) is 13.9. The van der Waals surface area contributed by atoms with Crippen molar-refractivity contribution in [1.29, 1.82) is 5.26 Å². The maximum atomic E-state index is 12.6. The number of rotatable bonds is 5. The number of aromatic nitrogens is 3. The summed E-state index contributed by atoms with van der Waals surface area (Å²) in [6.45, 7) is 0. The van der Waals surface area contributed by atoms with Gasteiger partial charge in [0.05, 0.1) is 11.3 Å². The van der Waals surface area contributed by atoms with Crippen molar-refractivity contribution in [3.63, 3.8) is 0 Å². The summed E-state index contributed by atoms with van der Waals surface area (Å²) in [5.41, 5.74) is 2.64. The van der Waals surface area contributed by atoms with Crippen LogP contribution in [-0.2, 0) is 24.7 Å². The van der Waals surface area contributed by atoms with Gasteiger partial charge in [-0.2, -0.15) is 5.26 Å². The minimum absolute atomic E-state index is 0.150. The number of carbonyl (C=O) groups excluding carboxylic acids is 1. The fourth-order valence-electron chi connectivity index (χ4n) is 3.74. The number of anilines is 1. The highest BCUT2D eigenvalue weighted by Gasteiger charge is 2.21. The number of aryl methyl sites for hydroxylation is 1. The second-order valence-electron chi connectivity index (χ2n) is 7.45. The first-order valence-corrected chi connectivity index (χ1v) is 12.4. The van der Waals surface area contributed by atoms with Crippen LogP contribution in [0, 0.1) is 11.3 Å². The standard InChI is InChI=1S/C22H22ClN5OS2/c1-28-20(14-7-6-8-15(23)11-14)26-27-22(28)30-13-19(29)25-21-17(12-24)16-9-4-2-3-5-10-18(16)31-21/h6-8,11H,2-5,9-10,13H2,1H3,(H,25,29). The molecule has 160 valence electrons. The summed E-state index contributed by atoms with van der Waals surface area (Å²) in [6, 6.07) is 9.74. The third kappa shape index (κ3) is 4.95. The van der Waals surface area contributed by atoms with E-state index in [0.717, 1.165) is 36.8 Å². The molecule has 31 heavy (non-hydrogen) atoms. The summed E-state index contributed by atoms with van der Waals surface area (Å²) >= 11 is 8.95. The Morgan fingerprint density at radius 2 is 2.10 bits per heavy atom. The van der Waals surface area contributed by atoms with Crippen molar-refractivity contribution in [3.8, 4) is 17.5 Å². The molecule has 0 saturated heterocycles. The van der Waals surface area contributed by atoms with Crippen molar-refractivity contribution < 1.29 is 4.79 Å². The number of nitrogens with zero attached hydrogens (tertiary/aromatic N) is 4. The van der Waals surface area contributed by atoms with Crippen LogP contribution in [0.4, 0.5) is 5.00 Å². The van der Waals surface area contributed by atoms with Crippen LogP contribution in [0.15, 0.2) is 29.4 Å². The van der Waals surface area contributed by atoms with Gasteiger partial charge in [-0.1, -0.05) is 48.3 Å². The van der Waals surface area contributed by atoms with Gasteiger partial charge in [0.1, 0.15) is 11.1 Å². The molecule has 0 unspecified atom stereocenters. The normalized spacial score (nSPS) is 13.7. The Morgan fingerprint density at radius 1 is 1.29 bits per heavy atom. The molecular weight excluding hydrogens is 450 g/mol. The zero-order valence-corrected chi connectivity index (χ0v) is 19.5. The summed E-state index contributed by atoms with van der Waals surface area (Å²) in [5.74, 6) is 0.729. The molecule has 1 aromatic carbocycles. The van der Waals surface area contributed by atoms with E-state index in [1.54, 1.807) is 11.3 Å². The topological polar surface area (TPSA) is 83.6 Å². The van der Waals surface area contributed by atoms with Crippen molar-refractivity contribution in [2.45, 2.75) is 43.7 Å². The predicted octanol–water partition coefficient (Wildman–Crippen LogP) is 5.46. The molecule has 6 nitrogen and oxygen atoms in total. The average Bonchev–Trinajstić information content (AvgIpc) is 3.25. The van der Waals surface area contributed by atoms with Gasteiger partial charge >= 0.3 is 0 Å². The number of thioether (sulfide) groups is 1. The highest BCUT2D eigenvalue weighted by Crippen LogP contribution is 2.36. The van der Waals surface area contributed by atoms with E-state index in [1.165, 1.54) is 29.5 Å². The zero-order valence-electron chi connectivity index (χ0n) is 17.2. The van der Waals surface area contributed by atoms with E-state index < -0.39 is 0 Å². The molecule has 0 saturated carbocycles. The lowest BCUT2D eigenvalue weighted by Gasteiger charge is -2.08. The van der Waals surface area contributed by atoms with Gasteiger partial charge in [-0.05, 0) is 43.4 Å². The van der Waals surface area contributed by atoms with Gasteiger partial charge in [0.15, 0.2) is 11.0 Å². The van der Waals surface area contributed by atoms with Gasteiger partial charge in [-0.15, -0.1) is 21.5 Å². The summed E-state index contributed by atoms with van der Waals surface area (Å²) in [5, 5.41) is 23.0. The molecule has 0 spiro atoms. The smallest absolute Gasteiger partial charge is 0.235 e. The molecule has 3 aromatic rings. The van der Waals surface area contributed by atoms with Gasteiger partial charge in [0.2, 0.25) is 5.91 Å². The number of halogens is 1. The molecule has 1 N–H and O–H groups in total. The molecule has 0 radical (unpaired) electrons. The lowest BCUT2D eigenvalue weighted by Crippen LogP contribution is -2.14. The third-order valence-corrected chi connectivity index (χ3v) is 7.75. The van der Waals surface area contributed by atoms with Crippen LogP contribution in [0.2, 0.25) is 5.02 Å². The first-order valence-electron chi connectivity index (χ1n) is 10.2. The van der Waals surface area contributed by atoms with E-state index in [1.807, 2.05) is 35.9 Å². The van der Waals surface area contributed by atoms with Gasteiger partial charge in [0, 0.05) is 22.5 Å². The van der Waals surface area contributed by atoms with Crippen LogP contribution in [0.5, 0.6) is 0 Å². The second kappa shape index (κ2) is 9.86. The number of amides is 1. The van der Waals surface area contributed by atoms with E-state index in [4.69, 9.17) is 11.6 Å². The Balaban J connectivity index is 1.44. The van der Waals surface area contributed by atoms with Crippen molar-refractivity contribution in [2.24, 2.45) is 7.05 Å². The Hall–Kier alpha value is -2.34. The van der Waals surface area contributed by atoms with E-state index >= 15 is 0 Å². The number of fused-ring (bicyclic) bond motifs is 1. The molecule has 1 aliphatic rings. The first-order chi connectivity index (χ1) is 15.1. The van der Waals surface area contributed by atoms with E-state index in [2.05, 4.69) is 21.6 Å². The number of thiophene rings is 1. The van der Waals surface area contributed by atoms with Crippen LogP contribution in [0.25, 0.3) is 11.4 Å². The molecule has 4 rings (SSSR count). The third-order valence-electron chi connectivity index (χ3n) is 5.29. The summed E-state index contributed by atoms with van der Waals surface area (Å²) in [6.07, 6.45) is 6.58. The minimum Gasteiger partial charge on any atom is -0.316 e. The number of nitrogens with one attached hydrogen (secondary N) is 1. The molecule has 1 amide bonds. The Labute approximate surface area is 194 Å². The average molecular weight is 472 g/mol. The molecule has 1 aliphatic carbocycles. The maximum Gasteiger partial charge on any atom is 0.235 e. The van der Waals surface area contributed by atoms with Crippen LogP contribution < -0.4 is 5.32 Å². The lowest BCUT2D eigenvalue weighted by molar-refractivity contribution is -0.113. The summed E-state index contributed by atoms with van der Waals surface area (Å²) < 4.78 is 1.85. The highest BCUT2D eigenvalue weighted by atomic mass is 35.5. The van der Waals surface area contributed by atoms with Crippen molar-refractivity contribution in [3.05, 3.63) is 45.3 Å². The fraction of sp³-hybridized carbons (Fsp3) is 0.364. The largest absolute Gasteiger partial charge is 0.316 e. The quantitative estimate of drug-likeness (QED) is 0.499. The minimum atomic E-state index is -0.150. The first kappa shape index (κ1) is 21.9. The van der Waals surface area contributed by atoms with Crippen LogP contribution in [-0.4, -0.2) is 26.4 Å². The van der Waals surface area contributed by atoms with Crippen LogP contribution >= 0.6 is 34.7 Å². The van der Waals surface area contributed by atoms with Crippen molar-refractivity contribution in [1.82, 2.24) is 14.8 Å². The van der Waals surface area contributed by atoms with Crippen LogP contribution in [0.3, 0.4) is 0 Å². The monoisotopic (exact) mass is 471 g/mol. The highest BCUT2D eigenvalue weighted by molar-refractivity contribution is 7.99. The number of hydrogen-bond donors (Lipinski definition) is 1. The van der Waals surface area contributed by atoms with E-state index in [0.29, 0.717) is 26.6 Å². The van der Waals surface area contributed by atoms with Crippen LogP contribution in [0.1, 0.15) is 41.7 Å². The Morgan fingerprint density at radius 3 is 2.87 bits per heavy atom. The van der Waals surface area contributed by atoms with E-state index in [9.17, 15) is 10.1 Å². The molecule has 0 fully saturated rings. The molecular formula is C22H22ClN5OS2. The number of carbonyl (C=O) groups is 1. The predicted molar refractivity (Wildman–Crippen MR) is 126 cm³/mol. The summed E-state index contributed by atoms with van der Waals surface area (Å²) in [7, 11) is 1.86. The molecule has 0 atom stereocenters. The fourth-order valence-corrected chi connectivity index (χ4v) is 5.90. The lowest BCUT2D eigenvalue weighted by atomic mass is 9.97. The zero-order chi connectivity index (χ0) is 21.8. The Bertz CT molecular complexity index is 1150.